The smallest absolute Gasteiger partial charge is 0.276 e. The summed E-state index contributed by atoms with van der Waals surface area (Å²) in [5, 5.41) is 11.0. The molecular formula is C13H20N6O2. The second kappa shape index (κ2) is 5.45. The van der Waals surface area contributed by atoms with Gasteiger partial charge in [0.05, 0.1) is 17.1 Å². The quantitative estimate of drug-likeness (QED) is 0.486. The van der Waals surface area contributed by atoms with Crippen molar-refractivity contribution in [2.45, 2.75) is 31.3 Å². The van der Waals surface area contributed by atoms with Crippen molar-refractivity contribution in [2.24, 2.45) is 5.84 Å². The first-order valence-electron chi connectivity index (χ1n) is 7.18. The van der Waals surface area contributed by atoms with Gasteiger partial charge in [-0.1, -0.05) is 0 Å². The topological polar surface area (TPSA) is 101 Å². The largest absolute Gasteiger partial charge is 0.355 e. The number of pyridine rings is 1. The molecule has 21 heavy (non-hydrogen) atoms. The van der Waals surface area contributed by atoms with E-state index in [4.69, 9.17) is 5.84 Å². The Morgan fingerprint density at radius 1 is 1.38 bits per heavy atom. The average Bonchev–Trinajstić information content (AvgIpc) is 2.71. The lowest BCUT2D eigenvalue weighted by Crippen LogP contribution is -2.37. The van der Waals surface area contributed by atoms with Gasteiger partial charge in [-0.25, -0.2) is 10.8 Å². The van der Waals surface area contributed by atoms with Crippen LogP contribution in [0.3, 0.4) is 0 Å². The van der Waals surface area contributed by atoms with Crippen LogP contribution in [0.25, 0.3) is 0 Å². The van der Waals surface area contributed by atoms with Gasteiger partial charge in [-0.15, -0.1) is 0 Å². The predicted molar refractivity (Wildman–Crippen MR) is 80.1 cm³/mol. The Morgan fingerprint density at radius 2 is 2.14 bits per heavy atom. The first-order valence-corrected chi connectivity index (χ1v) is 7.18. The zero-order valence-corrected chi connectivity index (χ0v) is 12.0. The fraction of sp³-hybridized carbons (Fsp3) is 0.615. The number of hydrazine groups is 1. The van der Waals surface area contributed by atoms with E-state index in [2.05, 4.69) is 27.3 Å². The first-order chi connectivity index (χ1) is 10.1. The van der Waals surface area contributed by atoms with Crippen LogP contribution in [0.15, 0.2) is 12.1 Å². The monoisotopic (exact) mass is 292 g/mol. The summed E-state index contributed by atoms with van der Waals surface area (Å²) in [4.78, 5) is 19.6. The molecule has 1 aromatic rings. The normalized spacial score (nSPS) is 25.7. The van der Waals surface area contributed by atoms with Gasteiger partial charge in [-0.3, -0.25) is 15.0 Å². The second-order valence-corrected chi connectivity index (χ2v) is 5.76. The van der Waals surface area contributed by atoms with Crippen molar-refractivity contribution in [3.8, 4) is 0 Å². The number of anilines is 2. The Labute approximate surface area is 123 Å². The van der Waals surface area contributed by atoms with Gasteiger partial charge in [0.2, 0.25) is 0 Å². The highest BCUT2D eigenvalue weighted by Crippen LogP contribution is 2.31. The molecule has 2 atom stereocenters. The average molecular weight is 292 g/mol. The lowest BCUT2D eigenvalue weighted by molar-refractivity contribution is -0.384. The number of likely N-dealkylation sites (N-methyl/N-ethyl adjacent to an activating group) is 1. The van der Waals surface area contributed by atoms with Crippen LogP contribution in [-0.4, -0.2) is 47.0 Å². The minimum Gasteiger partial charge on any atom is -0.355 e. The fourth-order valence-electron chi connectivity index (χ4n) is 3.36. The predicted octanol–water partition coefficient (Wildman–Crippen LogP) is 0.948. The number of nitrogens with two attached hydrogens (primary N) is 1. The van der Waals surface area contributed by atoms with Crippen molar-refractivity contribution in [2.75, 3.05) is 30.5 Å². The number of nitrogens with one attached hydrogen (secondary N) is 1. The zero-order valence-electron chi connectivity index (χ0n) is 12.0. The standard InChI is InChI=1S/C13H20N6O2/c1-17-9-2-3-10(17)8-18(5-4-9)13-7-11(19(20)21)6-12(15-13)16-14/h6-7,9-10H,2-5,8,14H2,1H3,(H,15,16). The Morgan fingerprint density at radius 3 is 2.86 bits per heavy atom. The molecule has 2 bridgehead atoms. The van der Waals surface area contributed by atoms with Gasteiger partial charge in [-0.2, -0.15) is 0 Å². The van der Waals surface area contributed by atoms with Gasteiger partial charge in [0, 0.05) is 25.2 Å². The molecule has 8 heteroatoms. The van der Waals surface area contributed by atoms with Crippen molar-refractivity contribution in [1.29, 1.82) is 0 Å². The van der Waals surface area contributed by atoms with Crippen LogP contribution in [0.5, 0.6) is 0 Å². The molecule has 0 saturated carbocycles. The van der Waals surface area contributed by atoms with Crippen LogP contribution in [0.2, 0.25) is 0 Å². The summed E-state index contributed by atoms with van der Waals surface area (Å²) in [7, 11) is 2.17. The number of nitro groups is 1. The van der Waals surface area contributed by atoms with Gasteiger partial charge in [0.1, 0.15) is 11.6 Å². The summed E-state index contributed by atoms with van der Waals surface area (Å²) in [6.07, 6.45) is 3.48. The van der Waals surface area contributed by atoms with E-state index in [1.165, 1.54) is 25.0 Å². The van der Waals surface area contributed by atoms with Crippen LogP contribution in [0.1, 0.15) is 19.3 Å². The van der Waals surface area contributed by atoms with E-state index in [-0.39, 0.29) is 5.69 Å². The summed E-state index contributed by atoms with van der Waals surface area (Å²) >= 11 is 0. The Balaban J connectivity index is 1.89. The van der Waals surface area contributed by atoms with Crippen LogP contribution >= 0.6 is 0 Å². The third-order valence-electron chi connectivity index (χ3n) is 4.63. The van der Waals surface area contributed by atoms with Gasteiger partial charge in [0.15, 0.2) is 0 Å². The summed E-state index contributed by atoms with van der Waals surface area (Å²) in [6.45, 7) is 1.72. The number of aromatic nitrogens is 1. The highest BCUT2D eigenvalue weighted by atomic mass is 16.6. The van der Waals surface area contributed by atoms with Gasteiger partial charge >= 0.3 is 0 Å². The van der Waals surface area contributed by atoms with Crippen LogP contribution in [0.4, 0.5) is 17.3 Å². The van der Waals surface area contributed by atoms with Crippen LogP contribution in [0, 0.1) is 10.1 Å². The second-order valence-electron chi connectivity index (χ2n) is 5.76. The highest BCUT2D eigenvalue weighted by Gasteiger charge is 2.35. The number of hydrogen-bond donors (Lipinski definition) is 2. The molecule has 2 aliphatic rings. The third-order valence-corrected chi connectivity index (χ3v) is 4.63. The Hall–Kier alpha value is -1.93. The van der Waals surface area contributed by atoms with E-state index in [9.17, 15) is 10.1 Å². The minimum absolute atomic E-state index is 0.00992. The third kappa shape index (κ3) is 2.64. The van der Waals surface area contributed by atoms with E-state index >= 15 is 0 Å². The summed E-state index contributed by atoms with van der Waals surface area (Å²) in [5.41, 5.74) is 2.42. The number of fused-ring (bicyclic) bond motifs is 2. The maximum Gasteiger partial charge on any atom is 0.276 e. The molecule has 3 heterocycles. The van der Waals surface area contributed by atoms with Crippen LogP contribution < -0.4 is 16.2 Å². The molecule has 2 fully saturated rings. The van der Waals surface area contributed by atoms with E-state index in [0.29, 0.717) is 23.7 Å². The van der Waals surface area contributed by atoms with Gasteiger partial charge in [0.25, 0.3) is 5.69 Å². The maximum atomic E-state index is 11.0. The van der Waals surface area contributed by atoms with Crippen molar-refractivity contribution in [1.82, 2.24) is 9.88 Å². The van der Waals surface area contributed by atoms with E-state index in [1.54, 1.807) is 0 Å². The molecule has 0 radical (unpaired) electrons. The summed E-state index contributed by atoms with van der Waals surface area (Å²) < 4.78 is 0. The molecule has 2 unspecified atom stereocenters. The fourth-order valence-corrected chi connectivity index (χ4v) is 3.36. The van der Waals surface area contributed by atoms with E-state index in [0.717, 1.165) is 19.5 Å². The molecule has 114 valence electrons. The van der Waals surface area contributed by atoms with E-state index < -0.39 is 4.92 Å². The van der Waals surface area contributed by atoms with E-state index in [1.807, 2.05) is 0 Å². The number of nitrogen functional groups attached to an aromatic ring is 1. The van der Waals surface area contributed by atoms with Crippen molar-refractivity contribution in [3.63, 3.8) is 0 Å². The molecule has 0 amide bonds. The zero-order chi connectivity index (χ0) is 15.0. The first kappa shape index (κ1) is 14.0. The molecule has 0 aliphatic carbocycles. The number of rotatable bonds is 3. The summed E-state index contributed by atoms with van der Waals surface area (Å²) in [6, 6.07) is 3.98. The Kier molecular flexibility index (Phi) is 3.64. The molecule has 1 aromatic heterocycles. The Bertz CT molecular complexity index is 551. The van der Waals surface area contributed by atoms with Crippen LogP contribution in [-0.2, 0) is 0 Å². The minimum atomic E-state index is -0.415. The molecule has 8 nitrogen and oxygen atoms in total. The molecule has 3 rings (SSSR count). The molecule has 2 aliphatic heterocycles. The van der Waals surface area contributed by atoms with Crippen molar-refractivity contribution in [3.05, 3.63) is 22.2 Å². The summed E-state index contributed by atoms with van der Waals surface area (Å²) in [5.74, 6) is 6.31. The molecule has 0 spiro atoms. The maximum absolute atomic E-state index is 11.0. The molecular weight excluding hydrogens is 272 g/mol. The number of nitrogens with zero attached hydrogens (tertiary/aromatic N) is 4. The van der Waals surface area contributed by atoms with Gasteiger partial charge in [-0.05, 0) is 26.3 Å². The lowest BCUT2D eigenvalue weighted by atomic mass is 10.1. The molecule has 2 saturated heterocycles. The van der Waals surface area contributed by atoms with Gasteiger partial charge < -0.3 is 10.3 Å². The lowest BCUT2D eigenvalue weighted by Gasteiger charge is -2.26. The number of hydrogen-bond acceptors (Lipinski definition) is 7. The van der Waals surface area contributed by atoms with Crippen molar-refractivity contribution < 1.29 is 4.92 Å². The molecule has 3 N–H and O–H groups in total. The highest BCUT2D eigenvalue weighted by molar-refractivity contribution is 5.55. The van der Waals surface area contributed by atoms with Crippen molar-refractivity contribution >= 4 is 17.3 Å². The SMILES string of the molecule is CN1C2CCC1CN(c1cc([N+](=O)[O-])cc(NN)n1)CC2. The molecule has 0 aromatic carbocycles.